The Labute approximate surface area is 101 Å². The van der Waals surface area contributed by atoms with Crippen LogP contribution in [0.5, 0.6) is 0 Å². The summed E-state index contributed by atoms with van der Waals surface area (Å²) in [6.07, 6.45) is 2.27. The highest BCUT2D eigenvalue weighted by atomic mass is 32.2. The highest BCUT2D eigenvalue weighted by Gasteiger charge is 2.27. The Balaban J connectivity index is 2.00. The standard InChI is InChI=1S/C9H17N5O2S/c1-10-3-2-6-17(15,16)14-5-4-13-8-11-12-9(13)7-14/h8,10H,2-7H2,1H3. The lowest BCUT2D eigenvalue weighted by Gasteiger charge is -2.26. The third kappa shape index (κ3) is 2.82. The molecular formula is C9H17N5O2S. The summed E-state index contributed by atoms with van der Waals surface area (Å²) >= 11 is 0. The van der Waals surface area contributed by atoms with Crippen LogP contribution in [0.25, 0.3) is 0 Å². The number of aromatic nitrogens is 3. The van der Waals surface area contributed by atoms with Crippen molar-refractivity contribution in [3.8, 4) is 0 Å². The Morgan fingerprint density at radius 3 is 3.06 bits per heavy atom. The molecule has 0 aliphatic carbocycles. The first kappa shape index (κ1) is 12.5. The van der Waals surface area contributed by atoms with E-state index in [1.165, 1.54) is 4.31 Å². The van der Waals surface area contributed by atoms with Crippen LogP contribution in [-0.2, 0) is 23.1 Å². The summed E-state index contributed by atoms with van der Waals surface area (Å²) in [5.41, 5.74) is 0. The van der Waals surface area contributed by atoms with E-state index in [1.54, 1.807) is 6.33 Å². The normalized spacial score (nSPS) is 17.0. The zero-order chi connectivity index (χ0) is 12.3. The number of hydrogen-bond acceptors (Lipinski definition) is 5. The van der Waals surface area contributed by atoms with E-state index in [-0.39, 0.29) is 5.75 Å². The number of nitrogens with zero attached hydrogens (tertiary/aromatic N) is 4. The van der Waals surface area contributed by atoms with Gasteiger partial charge in [-0.3, -0.25) is 0 Å². The minimum atomic E-state index is -3.16. The second-order valence-corrected chi connectivity index (χ2v) is 6.14. The van der Waals surface area contributed by atoms with Crippen molar-refractivity contribution in [1.29, 1.82) is 0 Å². The maximum atomic E-state index is 12.0. The first-order valence-electron chi connectivity index (χ1n) is 5.62. The van der Waals surface area contributed by atoms with Crippen molar-refractivity contribution in [2.75, 3.05) is 25.9 Å². The largest absolute Gasteiger partial charge is 0.320 e. The van der Waals surface area contributed by atoms with Crippen LogP contribution in [-0.4, -0.2) is 53.4 Å². The van der Waals surface area contributed by atoms with Gasteiger partial charge in [0.05, 0.1) is 12.3 Å². The van der Waals surface area contributed by atoms with Gasteiger partial charge in [-0.25, -0.2) is 8.42 Å². The van der Waals surface area contributed by atoms with Gasteiger partial charge in [0, 0.05) is 13.1 Å². The van der Waals surface area contributed by atoms with Crippen LogP contribution in [0.1, 0.15) is 12.2 Å². The van der Waals surface area contributed by atoms with Gasteiger partial charge >= 0.3 is 0 Å². The highest BCUT2D eigenvalue weighted by Crippen LogP contribution is 2.14. The molecule has 17 heavy (non-hydrogen) atoms. The number of nitrogens with one attached hydrogen (secondary N) is 1. The summed E-state index contributed by atoms with van der Waals surface area (Å²) in [7, 11) is -1.35. The molecule has 2 rings (SSSR count). The Bertz CT molecular complexity index is 469. The van der Waals surface area contributed by atoms with E-state index >= 15 is 0 Å². The molecule has 0 atom stereocenters. The molecule has 1 aliphatic rings. The average Bonchev–Trinajstić information content (AvgIpc) is 2.76. The zero-order valence-corrected chi connectivity index (χ0v) is 10.7. The molecule has 0 aromatic carbocycles. The van der Waals surface area contributed by atoms with Crippen molar-refractivity contribution in [2.45, 2.75) is 19.5 Å². The maximum Gasteiger partial charge on any atom is 0.214 e. The van der Waals surface area contributed by atoms with Crippen LogP contribution >= 0.6 is 0 Å². The third-order valence-corrected chi connectivity index (χ3v) is 4.73. The number of sulfonamides is 1. The molecule has 2 heterocycles. The van der Waals surface area contributed by atoms with Crippen LogP contribution < -0.4 is 5.32 Å². The molecule has 1 aliphatic heterocycles. The molecule has 7 nitrogen and oxygen atoms in total. The summed E-state index contributed by atoms with van der Waals surface area (Å²) < 4.78 is 27.4. The minimum Gasteiger partial charge on any atom is -0.320 e. The second kappa shape index (κ2) is 5.11. The molecule has 1 aromatic heterocycles. The maximum absolute atomic E-state index is 12.0. The van der Waals surface area contributed by atoms with Crippen LogP contribution in [0.2, 0.25) is 0 Å². The molecule has 0 saturated carbocycles. The van der Waals surface area contributed by atoms with Crippen molar-refractivity contribution in [3.63, 3.8) is 0 Å². The van der Waals surface area contributed by atoms with Gasteiger partial charge in [0.2, 0.25) is 10.0 Å². The van der Waals surface area contributed by atoms with Crippen molar-refractivity contribution in [2.24, 2.45) is 0 Å². The quantitative estimate of drug-likeness (QED) is 0.688. The van der Waals surface area contributed by atoms with Crippen LogP contribution in [0.4, 0.5) is 0 Å². The monoisotopic (exact) mass is 259 g/mol. The van der Waals surface area contributed by atoms with E-state index in [0.717, 1.165) is 0 Å². The molecule has 0 fully saturated rings. The van der Waals surface area contributed by atoms with Gasteiger partial charge in [0.15, 0.2) is 0 Å². The summed E-state index contributed by atoms with van der Waals surface area (Å²) in [5, 5.41) is 10.6. The fraction of sp³-hybridized carbons (Fsp3) is 0.778. The van der Waals surface area contributed by atoms with E-state index in [9.17, 15) is 8.42 Å². The predicted molar refractivity (Wildman–Crippen MR) is 62.8 cm³/mol. The van der Waals surface area contributed by atoms with E-state index in [0.29, 0.717) is 38.4 Å². The third-order valence-electron chi connectivity index (χ3n) is 2.83. The lowest BCUT2D eigenvalue weighted by molar-refractivity contribution is 0.335. The molecule has 0 spiro atoms. The Morgan fingerprint density at radius 2 is 2.29 bits per heavy atom. The molecule has 1 N–H and O–H groups in total. The molecule has 1 aromatic rings. The fourth-order valence-electron chi connectivity index (χ4n) is 1.84. The first-order valence-corrected chi connectivity index (χ1v) is 7.23. The number of rotatable bonds is 5. The topological polar surface area (TPSA) is 80.1 Å². The molecule has 0 unspecified atom stereocenters. The van der Waals surface area contributed by atoms with Crippen molar-refractivity contribution in [3.05, 3.63) is 12.2 Å². The van der Waals surface area contributed by atoms with Crippen molar-refractivity contribution < 1.29 is 8.42 Å². The Morgan fingerprint density at radius 1 is 1.47 bits per heavy atom. The van der Waals surface area contributed by atoms with Crippen molar-refractivity contribution >= 4 is 10.0 Å². The lowest BCUT2D eigenvalue weighted by Crippen LogP contribution is -2.39. The Kier molecular flexibility index (Phi) is 3.75. The molecule has 0 amide bonds. The summed E-state index contributed by atoms with van der Waals surface area (Å²) in [6, 6.07) is 0. The van der Waals surface area contributed by atoms with E-state index < -0.39 is 10.0 Å². The fourth-order valence-corrected chi connectivity index (χ4v) is 3.28. The Hall–Kier alpha value is -0.990. The molecule has 0 radical (unpaired) electrons. The molecular weight excluding hydrogens is 242 g/mol. The summed E-state index contributed by atoms with van der Waals surface area (Å²) in [4.78, 5) is 0. The van der Waals surface area contributed by atoms with Crippen LogP contribution in [0.3, 0.4) is 0 Å². The van der Waals surface area contributed by atoms with Gasteiger partial charge in [-0.1, -0.05) is 0 Å². The smallest absolute Gasteiger partial charge is 0.214 e. The van der Waals surface area contributed by atoms with Crippen molar-refractivity contribution in [1.82, 2.24) is 24.4 Å². The van der Waals surface area contributed by atoms with Gasteiger partial charge in [-0.15, -0.1) is 10.2 Å². The van der Waals surface area contributed by atoms with E-state index in [2.05, 4.69) is 15.5 Å². The van der Waals surface area contributed by atoms with E-state index in [4.69, 9.17) is 0 Å². The number of hydrogen-bond donors (Lipinski definition) is 1. The molecule has 0 bridgehead atoms. The molecule has 96 valence electrons. The summed E-state index contributed by atoms with van der Waals surface area (Å²) in [5.74, 6) is 0.899. The van der Waals surface area contributed by atoms with Crippen LogP contribution in [0.15, 0.2) is 6.33 Å². The predicted octanol–water partition coefficient (Wildman–Crippen LogP) is -0.967. The minimum absolute atomic E-state index is 0.183. The number of fused-ring (bicyclic) bond motifs is 1. The van der Waals surface area contributed by atoms with E-state index in [1.807, 2.05) is 11.6 Å². The summed E-state index contributed by atoms with van der Waals surface area (Å²) in [6.45, 7) is 2.19. The molecule has 0 saturated heterocycles. The highest BCUT2D eigenvalue weighted by molar-refractivity contribution is 7.89. The molecule has 8 heteroatoms. The van der Waals surface area contributed by atoms with Gasteiger partial charge in [0.25, 0.3) is 0 Å². The van der Waals surface area contributed by atoms with Gasteiger partial charge in [-0.2, -0.15) is 4.31 Å². The zero-order valence-electron chi connectivity index (χ0n) is 9.83. The van der Waals surface area contributed by atoms with Crippen LogP contribution in [0, 0.1) is 0 Å². The lowest BCUT2D eigenvalue weighted by atomic mass is 10.4. The SMILES string of the molecule is CNCCCS(=O)(=O)N1CCn2cnnc2C1. The van der Waals surface area contributed by atoms with Gasteiger partial charge in [-0.05, 0) is 20.0 Å². The average molecular weight is 259 g/mol. The second-order valence-electron chi connectivity index (χ2n) is 4.05. The van der Waals surface area contributed by atoms with Gasteiger partial charge in [0.1, 0.15) is 12.2 Å². The first-order chi connectivity index (χ1) is 8.13. The van der Waals surface area contributed by atoms with Gasteiger partial charge < -0.3 is 9.88 Å².